The van der Waals surface area contributed by atoms with Crippen molar-refractivity contribution in [2.75, 3.05) is 26.2 Å². The summed E-state index contributed by atoms with van der Waals surface area (Å²) in [6, 6.07) is 15.2. The normalized spacial score (nSPS) is 15.4. The van der Waals surface area contributed by atoms with Crippen LogP contribution in [0.25, 0.3) is 5.69 Å². The highest BCUT2D eigenvalue weighted by atomic mass is 35.5. The van der Waals surface area contributed by atoms with Crippen LogP contribution in [0.1, 0.15) is 10.4 Å². The summed E-state index contributed by atoms with van der Waals surface area (Å²) in [5.74, 6) is -0.114. The van der Waals surface area contributed by atoms with E-state index in [0.29, 0.717) is 23.7 Å². The maximum Gasteiger partial charge on any atom is 0.253 e. The van der Waals surface area contributed by atoms with Crippen molar-refractivity contribution in [3.8, 4) is 5.69 Å². The number of piperazine rings is 1. The highest BCUT2D eigenvalue weighted by Crippen LogP contribution is 2.21. The van der Waals surface area contributed by atoms with Gasteiger partial charge in [0.25, 0.3) is 5.91 Å². The Balaban J connectivity index is 1.42. The third kappa shape index (κ3) is 4.05. The second kappa shape index (κ2) is 7.98. The molecule has 3 aromatic rings. The molecule has 4 rings (SSSR count). The molecule has 0 radical (unpaired) electrons. The third-order valence-corrected chi connectivity index (χ3v) is 6.97. The van der Waals surface area contributed by atoms with E-state index in [-0.39, 0.29) is 23.9 Å². The average molecular weight is 431 g/mol. The van der Waals surface area contributed by atoms with Gasteiger partial charge < -0.3 is 4.90 Å². The van der Waals surface area contributed by atoms with Gasteiger partial charge in [-0.2, -0.15) is 9.40 Å². The minimum Gasteiger partial charge on any atom is -0.336 e. The Hall–Kier alpha value is -2.68. The van der Waals surface area contributed by atoms with E-state index in [4.69, 9.17) is 11.6 Å². The Bertz CT molecular complexity index is 1110. The van der Waals surface area contributed by atoms with Crippen LogP contribution in [0.5, 0.6) is 0 Å². The average Bonchev–Trinajstić information content (AvgIpc) is 3.28. The summed E-state index contributed by atoms with van der Waals surface area (Å²) >= 11 is 5.92. The first-order chi connectivity index (χ1) is 13.9. The first-order valence-electron chi connectivity index (χ1n) is 9.10. The summed E-state index contributed by atoms with van der Waals surface area (Å²) in [6.45, 7) is 1.15. The van der Waals surface area contributed by atoms with Crippen molar-refractivity contribution in [2.45, 2.75) is 4.90 Å². The van der Waals surface area contributed by atoms with Crippen molar-refractivity contribution >= 4 is 27.5 Å². The molecular formula is C20H19ClN4O3S. The molecule has 7 nitrogen and oxygen atoms in total. The Kier molecular flexibility index (Phi) is 5.40. The molecule has 0 N–H and O–H groups in total. The van der Waals surface area contributed by atoms with Gasteiger partial charge in [-0.25, -0.2) is 13.1 Å². The van der Waals surface area contributed by atoms with E-state index in [1.807, 2.05) is 24.4 Å². The Morgan fingerprint density at radius 2 is 1.69 bits per heavy atom. The molecule has 2 aromatic carbocycles. The van der Waals surface area contributed by atoms with Crippen molar-refractivity contribution in [2.24, 2.45) is 0 Å². The molecule has 0 bridgehead atoms. The molecule has 1 amide bonds. The fraction of sp³-hybridized carbons (Fsp3) is 0.200. The van der Waals surface area contributed by atoms with Crippen LogP contribution in [0.2, 0.25) is 5.02 Å². The highest BCUT2D eigenvalue weighted by molar-refractivity contribution is 7.89. The number of hydrogen-bond acceptors (Lipinski definition) is 4. The number of benzene rings is 2. The van der Waals surface area contributed by atoms with E-state index in [0.717, 1.165) is 5.69 Å². The molecular weight excluding hydrogens is 412 g/mol. The second-order valence-electron chi connectivity index (χ2n) is 6.65. The number of halogens is 1. The van der Waals surface area contributed by atoms with Crippen molar-refractivity contribution in [3.05, 3.63) is 77.6 Å². The summed E-state index contributed by atoms with van der Waals surface area (Å²) in [6.07, 6.45) is 3.52. The van der Waals surface area contributed by atoms with Crippen LogP contribution >= 0.6 is 11.6 Å². The van der Waals surface area contributed by atoms with Gasteiger partial charge in [0.1, 0.15) is 0 Å². The number of hydrogen-bond donors (Lipinski definition) is 0. The predicted octanol–water partition coefficient (Wildman–Crippen LogP) is 2.67. The van der Waals surface area contributed by atoms with E-state index < -0.39 is 10.0 Å². The lowest BCUT2D eigenvalue weighted by molar-refractivity contribution is 0.0698. The molecule has 150 valence electrons. The largest absolute Gasteiger partial charge is 0.336 e. The van der Waals surface area contributed by atoms with Gasteiger partial charge in [-0.15, -0.1) is 0 Å². The number of nitrogens with zero attached hydrogens (tertiary/aromatic N) is 4. The molecule has 0 atom stereocenters. The van der Waals surface area contributed by atoms with Crippen LogP contribution in [0.4, 0.5) is 0 Å². The molecule has 9 heteroatoms. The number of carbonyl (C=O) groups is 1. The van der Waals surface area contributed by atoms with Gasteiger partial charge in [0, 0.05) is 49.2 Å². The minimum atomic E-state index is -3.63. The Morgan fingerprint density at radius 3 is 2.31 bits per heavy atom. The van der Waals surface area contributed by atoms with Gasteiger partial charge >= 0.3 is 0 Å². The molecule has 2 heterocycles. The number of carbonyl (C=O) groups excluding carboxylic acids is 1. The van der Waals surface area contributed by atoms with Crippen LogP contribution in [0, 0.1) is 0 Å². The first-order valence-corrected chi connectivity index (χ1v) is 10.9. The zero-order chi connectivity index (χ0) is 20.4. The monoisotopic (exact) mass is 430 g/mol. The van der Waals surface area contributed by atoms with E-state index in [1.165, 1.54) is 16.4 Å². The summed E-state index contributed by atoms with van der Waals surface area (Å²) in [5.41, 5.74) is 1.43. The van der Waals surface area contributed by atoms with Gasteiger partial charge in [0.05, 0.1) is 10.6 Å². The third-order valence-electron chi connectivity index (χ3n) is 4.84. The Morgan fingerprint density at radius 1 is 0.966 bits per heavy atom. The number of sulfonamides is 1. The molecule has 1 saturated heterocycles. The summed E-state index contributed by atoms with van der Waals surface area (Å²) in [4.78, 5) is 14.6. The first kappa shape index (κ1) is 19.6. The van der Waals surface area contributed by atoms with Crippen molar-refractivity contribution in [1.29, 1.82) is 0 Å². The van der Waals surface area contributed by atoms with Crippen LogP contribution in [-0.4, -0.2) is 59.5 Å². The fourth-order valence-electron chi connectivity index (χ4n) is 3.27. The Labute approximate surface area is 174 Å². The smallest absolute Gasteiger partial charge is 0.253 e. The second-order valence-corrected chi connectivity index (χ2v) is 9.03. The number of rotatable bonds is 4. The quantitative estimate of drug-likeness (QED) is 0.637. The van der Waals surface area contributed by atoms with Gasteiger partial charge in [-0.1, -0.05) is 17.7 Å². The minimum absolute atomic E-state index is 0.114. The predicted molar refractivity (Wildman–Crippen MR) is 110 cm³/mol. The van der Waals surface area contributed by atoms with E-state index in [9.17, 15) is 13.2 Å². The van der Waals surface area contributed by atoms with Crippen LogP contribution in [0.15, 0.2) is 71.9 Å². The topological polar surface area (TPSA) is 75.5 Å². The zero-order valence-corrected chi connectivity index (χ0v) is 17.1. The number of aromatic nitrogens is 2. The van der Waals surface area contributed by atoms with Crippen molar-refractivity contribution in [3.63, 3.8) is 0 Å². The SMILES string of the molecule is O=C(c1ccc(-n2cccn2)cc1)N1CCN(S(=O)(=O)c2cccc(Cl)c2)CC1. The molecule has 1 fully saturated rings. The van der Waals surface area contributed by atoms with Crippen LogP contribution < -0.4 is 0 Å². The lowest BCUT2D eigenvalue weighted by atomic mass is 10.1. The van der Waals surface area contributed by atoms with Crippen LogP contribution in [0.3, 0.4) is 0 Å². The molecule has 29 heavy (non-hydrogen) atoms. The molecule has 1 aliphatic heterocycles. The molecule has 0 saturated carbocycles. The van der Waals surface area contributed by atoms with E-state index in [1.54, 1.807) is 40.0 Å². The molecule has 1 aromatic heterocycles. The van der Waals surface area contributed by atoms with Crippen LogP contribution in [-0.2, 0) is 10.0 Å². The highest BCUT2D eigenvalue weighted by Gasteiger charge is 2.30. The number of amides is 1. The van der Waals surface area contributed by atoms with E-state index in [2.05, 4.69) is 5.10 Å². The summed E-state index contributed by atoms with van der Waals surface area (Å²) in [7, 11) is -3.63. The molecule has 1 aliphatic rings. The molecule has 0 aliphatic carbocycles. The fourth-order valence-corrected chi connectivity index (χ4v) is 4.99. The van der Waals surface area contributed by atoms with Gasteiger partial charge in [0.15, 0.2) is 0 Å². The summed E-state index contributed by atoms with van der Waals surface area (Å²) < 4.78 is 28.7. The van der Waals surface area contributed by atoms with Crippen molar-refractivity contribution < 1.29 is 13.2 Å². The van der Waals surface area contributed by atoms with E-state index >= 15 is 0 Å². The maximum atomic E-state index is 12.8. The zero-order valence-electron chi connectivity index (χ0n) is 15.5. The van der Waals surface area contributed by atoms with Crippen molar-refractivity contribution in [1.82, 2.24) is 19.0 Å². The summed E-state index contributed by atoms with van der Waals surface area (Å²) in [5, 5.41) is 4.54. The molecule has 0 unspecified atom stereocenters. The van der Waals surface area contributed by atoms with Gasteiger partial charge in [-0.05, 0) is 48.5 Å². The van der Waals surface area contributed by atoms with Gasteiger partial charge in [0.2, 0.25) is 10.0 Å². The molecule has 0 spiro atoms. The van der Waals surface area contributed by atoms with Gasteiger partial charge in [-0.3, -0.25) is 4.79 Å². The maximum absolute atomic E-state index is 12.8. The standard InChI is InChI=1S/C20H19ClN4O3S/c21-17-3-1-4-19(15-17)29(27,28)24-13-11-23(12-14-24)20(26)16-5-7-18(8-6-16)25-10-2-9-22-25/h1-10,15H,11-14H2. The lowest BCUT2D eigenvalue weighted by Gasteiger charge is -2.34. The lowest BCUT2D eigenvalue weighted by Crippen LogP contribution is -2.50.